The van der Waals surface area contributed by atoms with E-state index in [2.05, 4.69) is 32.9 Å². The molecule has 0 aromatic carbocycles. The van der Waals surface area contributed by atoms with Crippen molar-refractivity contribution in [2.75, 3.05) is 0 Å². The number of hydrogen-bond acceptors (Lipinski definition) is 0. The zero-order valence-corrected chi connectivity index (χ0v) is 10.5. The van der Waals surface area contributed by atoms with Gasteiger partial charge in [0.15, 0.2) is 0 Å². The zero-order valence-electron chi connectivity index (χ0n) is 6.86. The van der Waals surface area contributed by atoms with Crippen molar-refractivity contribution in [1.82, 2.24) is 0 Å². The summed E-state index contributed by atoms with van der Waals surface area (Å²) in [7, 11) is 0. The first kappa shape index (κ1) is 10.4. The molecule has 0 radical (unpaired) electrons. The summed E-state index contributed by atoms with van der Waals surface area (Å²) in [6.45, 7) is 6.54. The Hall–Kier alpha value is 0.350. The Balaban J connectivity index is 0.000000810. The average molecular weight is 300 g/mol. The second-order valence-electron chi connectivity index (χ2n) is 2.92. The summed E-state index contributed by atoms with van der Waals surface area (Å²) in [5.41, 5.74) is 2.76. The van der Waals surface area contributed by atoms with Crippen LogP contribution in [0.4, 0.5) is 0 Å². The van der Waals surface area contributed by atoms with E-state index >= 15 is 0 Å². The molecule has 1 rings (SSSR count). The number of hydrogen-bond donors (Lipinski definition) is 0. The van der Waals surface area contributed by atoms with E-state index in [4.69, 9.17) is 0 Å². The molecule has 0 unspecified atom stereocenters. The normalized spacial score (nSPS) is 16.4. The Bertz CT molecular complexity index is 164. The topological polar surface area (TPSA) is 0 Å². The molecule has 54 valence electrons. The van der Waals surface area contributed by atoms with Crippen LogP contribution in [0.2, 0.25) is 0 Å². The van der Waals surface area contributed by atoms with E-state index in [1.807, 2.05) is 0 Å². The molecule has 0 fully saturated rings. The standard InChI is InChI=1S/C9H13.Hf/c1-7(2)9-5-4-8(3)6-9;/h5,7H,4H2,1-3H3;/q-1;. The predicted octanol–water partition coefficient (Wildman–Crippen LogP) is 2.72. The van der Waals surface area contributed by atoms with Crippen molar-refractivity contribution in [1.29, 1.82) is 0 Å². The molecule has 0 saturated heterocycles. The Labute approximate surface area is 82.2 Å². The van der Waals surface area contributed by atoms with Crippen LogP contribution in [0, 0.1) is 12.0 Å². The van der Waals surface area contributed by atoms with Crippen LogP contribution in [0.25, 0.3) is 0 Å². The molecule has 10 heavy (non-hydrogen) atoms. The van der Waals surface area contributed by atoms with Gasteiger partial charge >= 0.3 is 0 Å². The maximum atomic E-state index is 3.33. The van der Waals surface area contributed by atoms with Crippen LogP contribution in [0.1, 0.15) is 27.2 Å². The second kappa shape index (κ2) is 4.27. The van der Waals surface area contributed by atoms with Gasteiger partial charge in [-0.05, 0) is 0 Å². The van der Waals surface area contributed by atoms with Gasteiger partial charge in [0, 0.05) is 25.8 Å². The molecule has 0 spiro atoms. The van der Waals surface area contributed by atoms with E-state index in [0.29, 0.717) is 5.92 Å². The van der Waals surface area contributed by atoms with Gasteiger partial charge in [0.2, 0.25) is 0 Å². The summed E-state index contributed by atoms with van der Waals surface area (Å²) in [5.74, 6) is 0.655. The Morgan fingerprint density at radius 3 is 2.30 bits per heavy atom. The summed E-state index contributed by atoms with van der Waals surface area (Å²) < 4.78 is 0. The SMILES string of the molecule is CC1=[C-]C(C(C)C)=CC1.[Hf]. The van der Waals surface area contributed by atoms with Crippen molar-refractivity contribution in [2.45, 2.75) is 27.2 Å². The summed E-state index contributed by atoms with van der Waals surface area (Å²) >= 11 is 0. The van der Waals surface area contributed by atoms with Crippen LogP contribution in [-0.2, 0) is 25.8 Å². The zero-order chi connectivity index (χ0) is 6.85. The van der Waals surface area contributed by atoms with Gasteiger partial charge in [-0.2, -0.15) is 5.57 Å². The molecule has 0 aliphatic heterocycles. The van der Waals surface area contributed by atoms with Crippen molar-refractivity contribution < 1.29 is 25.8 Å². The van der Waals surface area contributed by atoms with Crippen molar-refractivity contribution in [3.8, 4) is 0 Å². The molecule has 1 aliphatic rings. The van der Waals surface area contributed by atoms with Gasteiger partial charge in [-0.15, -0.1) is 0 Å². The van der Waals surface area contributed by atoms with Crippen LogP contribution in [0.15, 0.2) is 17.2 Å². The first-order valence-electron chi connectivity index (χ1n) is 3.49. The molecule has 0 N–H and O–H groups in total. The maximum Gasteiger partial charge on any atom is 0 e. The molecule has 1 aliphatic carbocycles. The monoisotopic (exact) mass is 301 g/mol. The molecule has 0 aromatic heterocycles. The van der Waals surface area contributed by atoms with Crippen molar-refractivity contribution in [2.24, 2.45) is 5.92 Å². The molecule has 0 nitrogen and oxygen atoms in total. The summed E-state index contributed by atoms with van der Waals surface area (Å²) in [6.07, 6.45) is 6.71. The minimum atomic E-state index is 0. The van der Waals surface area contributed by atoms with Crippen molar-refractivity contribution in [3.05, 3.63) is 23.3 Å². The first-order valence-corrected chi connectivity index (χ1v) is 3.49. The third-order valence-electron chi connectivity index (χ3n) is 1.61. The number of rotatable bonds is 1. The average Bonchev–Trinajstić information content (AvgIpc) is 2.14. The van der Waals surface area contributed by atoms with Crippen molar-refractivity contribution >= 4 is 0 Å². The largest absolute Gasteiger partial charge is 0.250 e. The fraction of sp³-hybridized carbons (Fsp3) is 0.556. The third-order valence-corrected chi connectivity index (χ3v) is 1.61. The van der Waals surface area contributed by atoms with E-state index in [9.17, 15) is 0 Å². The molecule has 0 heterocycles. The number of allylic oxidation sites excluding steroid dienone is 4. The van der Waals surface area contributed by atoms with Crippen LogP contribution in [-0.4, -0.2) is 0 Å². The molecule has 0 amide bonds. The molecular formula is C9H13Hf-. The first-order chi connectivity index (χ1) is 4.20. The van der Waals surface area contributed by atoms with Gasteiger partial charge in [-0.25, -0.2) is 17.7 Å². The van der Waals surface area contributed by atoms with Crippen LogP contribution >= 0.6 is 0 Å². The molecular weight excluding hydrogens is 287 g/mol. The minimum absolute atomic E-state index is 0. The summed E-state index contributed by atoms with van der Waals surface area (Å²) in [6, 6.07) is 0. The Morgan fingerprint density at radius 2 is 2.10 bits per heavy atom. The Morgan fingerprint density at radius 1 is 1.50 bits per heavy atom. The van der Waals surface area contributed by atoms with E-state index in [-0.39, 0.29) is 25.8 Å². The maximum absolute atomic E-state index is 3.33. The van der Waals surface area contributed by atoms with Gasteiger partial charge in [0.1, 0.15) is 0 Å². The van der Waals surface area contributed by atoms with Crippen molar-refractivity contribution in [3.63, 3.8) is 0 Å². The predicted molar refractivity (Wildman–Crippen MR) is 40.0 cm³/mol. The summed E-state index contributed by atoms with van der Waals surface area (Å²) in [5, 5.41) is 0. The fourth-order valence-electron chi connectivity index (χ4n) is 0.992. The van der Waals surface area contributed by atoms with Crippen LogP contribution < -0.4 is 0 Å². The van der Waals surface area contributed by atoms with Gasteiger partial charge in [-0.1, -0.05) is 33.1 Å². The molecule has 0 saturated carbocycles. The van der Waals surface area contributed by atoms with E-state index in [1.165, 1.54) is 11.1 Å². The van der Waals surface area contributed by atoms with Gasteiger partial charge in [-0.3, -0.25) is 0 Å². The van der Waals surface area contributed by atoms with Crippen LogP contribution in [0.3, 0.4) is 0 Å². The van der Waals surface area contributed by atoms with E-state index in [1.54, 1.807) is 0 Å². The molecule has 0 atom stereocenters. The van der Waals surface area contributed by atoms with E-state index < -0.39 is 0 Å². The minimum Gasteiger partial charge on any atom is -0.250 e. The van der Waals surface area contributed by atoms with Gasteiger partial charge in [0.25, 0.3) is 0 Å². The third kappa shape index (κ3) is 2.53. The molecule has 0 aromatic rings. The van der Waals surface area contributed by atoms with E-state index in [0.717, 1.165) is 6.42 Å². The Kier molecular flexibility index (Phi) is 4.42. The molecule has 0 bridgehead atoms. The van der Waals surface area contributed by atoms with Gasteiger partial charge < -0.3 is 0 Å². The summed E-state index contributed by atoms with van der Waals surface area (Å²) in [4.78, 5) is 0. The smallest absolute Gasteiger partial charge is 0 e. The second-order valence-corrected chi connectivity index (χ2v) is 2.92. The quantitative estimate of drug-likeness (QED) is 0.516. The molecule has 1 heteroatoms. The van der Waals surface area contributed by atoms with Gasteiger partial charge in [0.05, 0.1) is 0 Å². The van der Waals surface area contributed by atoms with Crippen LogP contribution in [0.5, 0.6) is 0 Å². The fourth-order valence-corrected chi connectivity index (χ4v) is 0.992.